The Bertz CT molecular complexity index is 545. The van der Waals surface area contributed by atoms with Gasteiger partial charge in [-0.1, -0.05) is 32.9 Å². The zero-order valence-corrected chi connectivity index (χ0v) is 15.6. The first-order valence-corrected chi connectivity index (χ1v) is 8.23. The average molecular weight is 357 g/mol. The van der Waals surface area contributed by atoms with E-state index in [1.807, 2.05) is 6.07 Å². The largest absolute Gasteiger partial charge is 0.488 e. The number of rotatable bonds is 8. The van der Waals surface area contributed by atoms with Crippen molar-refractivity contribution in [3.8, 4) is 5.75 Å². The van der Waals surface area contributed by atoms with Crippen molar-refractivity contribution in [2.45, 2.75) is 39.8 Å². The van der Waals surface area contributed by atoms with E-state index in [1.165, 1.54) is 0 Å². The summed E-state index contributed by atoms with van der Waals surface area (Å²) >= 11 is 0. The zero-order chi connectivity index (χ0) is 18.9. The first-order chi connectivity index (χ1) is 11.8. The molecule has 1 unspecified atom stereocenters. The first kappa shape index (κ1) is 21.2. The third kappa shape index (κ3) is 8.16. The molecule has 1 atom stereocenters. The summed E-state index contributed by atoms with van der Waals surface area (Å²) in [4.78, 5) is 4.18. The van der Waals surface area contributed by atoms with E-state index in [1.54, 1.807) is 32.4 Å². The zero-order valence-electron chi connectivity index (χ0n) is 15.6. The topological polar surface area (TPSA) is 54.9 Å². The monoisotopic (exact) mass is 357 g/mol. The molecule has 0 saturated carbocycles. The van der Waals surface area contributed by atoms with Gasteiger partial charge in [0.15, 0.2) is 5.96 Å². The highest BCUT2D eigenvalue weighted by molar-refractivity contribution is 5.79. The minimum absolute atomic E-state index is 0.0109. The van der Waals surface area contributed by atoms with Crippen LogP contribution in [0.3, 0.4) is 0 Å². The van der Waals surface area contributed by atoms with Crippen LogP contribution in [0.2, 0.25) is 0 Å². The Labute approximate surface area is 148 Å². The van der Waals surface area contributed by atoms with Crippen molar-refractivity contribution in [3.63, 3.8) is 0 Å². The number of halogens is 2. The second-order valence-corrected chi connectivity index (χ2v) is 6.75. The van der Waals surface area contributed by atoms with Gasteiger partial charge in [0, 0.05) is 27.2 Å². The van der Waals surface area contributed by atoms with Crippen LogP contribution in [0.15, 0.2) is 29.3 Å². The molecule has 1 aromatic carbocycles. The smallest absolute Gasteiger partial charge is 0.272 e. The van der Waals surface area contributed by atoms with Crippen LogP contribution in [0, 0.1) is 5.41 Å². The van der Waals surface area contributed by atoms with Crippen LogP contribution in [-0.2, 0) is 11.3 Å². The van der Waals surface area contributed by atoms with Crippen LogP contribution in [0.4, 0.5) is 8.78 Å². The first-order valence-electron chi connectivity index (χ1n) is 8.23. The minimum atomic E-state index is -2.48. The molecule has 0 spiro atoms. The lowest BCUT2D eigenvalue weighted by atomic mass is 9.89. The molecule has 1 aromatic rings. The number of methoxy groups -OCH3 is 1. The van der Waals surface area contributed by atoms with Crippen molar-refractivity contribution in [1.29, 1.82) is 0 Å². The maximum Gasteiger partial charge on any atom is 0.272 e. The molecule has 0 aliphatic heterocycles. The van der Waals surface area contributed by atoms with Crippen LogP contribution < -0.4 is 15.4 Å². The quantitative estimate of drug-likeness (QED) is 0.555. The molecular formula is C18H29F2N3O2. The van der Waals surface area contributed by atoms with Crippen LogP contribution in [-0.4, -0.2) is 45.8 Å². The molecule has 5 nitrogen and oxygen atoms in total. The van der Waals surface area contributed by atoms with Gasteiger partial charge >= 0.3 is 0 Å². The SMILES string of the molecule is CN=C(NCc1cccc(OCC(F)F)c1)NCC(OC)C(C)(C)C. The van der Waals surface area contributed by atoms with Crippen LogP contribution in [0.25, 0.3) is 0 Å². The summed E-state index contributed by atoms with van der Waals surface area (Å²) in [5.41, 5.74) is 0.922. The highest BCUT2D eigenvalue weighted by atomic mass is 19.3. The fraction of sp³-hybridized carbons (Fsp3) is 0.611. The summed E-state index contributed by atoms with van der Waals surface area (Å²) in [6.45, 7) is 6.86. The number of benzene rings is 1. The molecule has 0 saturated heterocycles. The number of ether oxygens (including phenoxy) is 2. The van der Waals surface area contributed by atoms with Gasteiger partial charge in [-0.05, 0) is 23.1 Å². The van der Waals surface area contributed by atoms with Crippen molar-refractivity contribution in [3.05, 3.63) is 29.8 Å². The van der Waals surface area contributed by atoms with E-state index in [-0.39, 0.29) is 11.5 Å². The van der Waals surface area contributed by atoms with Gasteiger partial charge in [-0.25, -0.2) is 8.78 Å². The Morgan fingerprint density at radius 2 is 1.96 bits per heavy atom. The Kier molecular flexibility index (Phi) is 8.61. The minimum Gasteiger partial charge on any atom is -0.488 e. The van der Waals surface area contributed by atoms with Gasteiger partial charge in [0.2, 0.25) is 0 Å². The molecule has 0 bridgehead atoms. The maximum atomic E-state index is 12.2. The van der Waals surface area contributed by atoms with Gasteiger partial charge in [0.1, 0.15) is 12.4 Å². The number of hydrogen-bond acceptors (Lipinski definition) is 3. The molecule has 7 heteroatoms. The second-order valence-electron chi connectivity index (χ2n) is 6.75. The second kappa shape index (κ2) is 10.2. The number of aliphatic imine (C=N–C) groups is 1. The van der Waals surface area contributed by atoms with Gasteiger partial charge in [-0.3, -0.25) is 4.99 Å². The lowest BCUT2D eigenvalue weighted by Gasteiger charge is -2.30. The number of nitrogens with zero attached hydrogens (tertiary/aromatic N) is 1. The Hall–Kier alpha value is -1.89. The fourth-order valence-corrected chi connectivity index (χ4v) is 2.24. The van der Waals surface area contributed by atoms with E-state index >= 15 is 0 Å². The molecule has 0 aliphatic carbocycles. The molecule has 25 heavy (non-hydrogen) atoms. The molecule has 0 aromatic heterocycles. The predicted octanol–water partition coefficient (Wildman–Crippen LogP) is 3.06. The summed E-state index contributed by atoms with van der Waals surface area (Å²) < 4.78 is 35.0. The lowest BCUT2D eigenvalue weighted by molar-refractivity contribution is 0.0205. The normalized spacial score (nSPS) is 13.7. The van der Waals surface area contributed by atoms with Crippen molar-refractivity contribution < 1.29 is 18.3 Å². The third-order valence-corrected chi connectivity index (χ3v) is 3.66. The molecule has 142 valence electrons. The van der Waals surface area contributed by atoms with Crippen molar-refractivity contribution in [2.75, 3.05) is 27.3 Å². The molecule has 2 N–H and O–H groups in total. The molecular weight excluding hydrogens is 328 g/mol. The molecule has 0 radical (unpaired) electrons. The van der Waals surface area contributed by atoms with Gasteiger partial charge < -0.3 is 20.1 Å². The van der Waals surface area contributed by atoms with E-state index in [2.05, 4.69) is 36.4 Å². The summed E-state index contributed by atoms with van der Waals surface area (Å²) in [5.74, 6) is 1.07. The van der Waals surface area contributed by atoms with Crippen LogP contribution >= 0.6 is 0 Å². The van der Waals surface area contributed by atoms with Gasteiger partial charge in [0.05, 0.1) is 6.10 Å². The Morgan fingerprint density at radius 3 is 2.52 bits per heavy atom. The number of nitrogens with one attached hydrogen (secondary N) is 2. The van der Waals surface area contributed by atoms with E-state index in [4.69, 9.17) is 9.47 Å². The van der Waals surface area contributed by atoms with Crippen LogP contribution in [0.1, 0.15) is 26.3 Å². The van der Waals surface area contributed by atoms with E-state index < -0.39 is 13.0 Å². The summed E-state index contributed by atoms with van der Waals surface area (Å²) in [6, 6.07) is 7.05. The van der Waals surface area contributed by atoms with E-state index in [0.29, 0.717) is 24.8 Å². The van der Waals surface area contributed by atoms with Crippen LogP contribution in [0.5, 0.6) is 5.75 Å². The van der Waals surface area contributed by atoms with Crippen molar-refractivity contribution in [2.24, 2.45) is 10.4 Å². The number of hydrogen-bond donors (Lipinski definition) is 2. The van der Waals surface area contributed by atoms with E-state index in [9.17, 15) is 8.78 Å². The van der Waals surface area contributed by atoms with Crippen molar-refractivity contribution >= 4 is 5.96 Å². The maximum absolute atomic E-state index is 12.2. The highest BCUT2D eigenvalue weighted by Gasteiger charge is 2.24. The van der Waals surface area contributed by atoms with Gasteiger partial charge in [-0.15, -0.1) is 0 Å². The molecule has 0 aliphatic rings. The standard InChI is InChI=1S/C18H29F2N3O2/c1-18(2,3)15(24-5)11-23-17(21-4)22-10-13-7-6-8-14(9-13)25-12-16(19)20/h6-9,15-16H,10-12H2,1-5H3,(H2,21,22,23). The third-order valence-electron chi connectivity index (χ3n) is 3.66. The van der Waals surface area contributed by atoms with Gasteiger partial charge in [0.25, 0.3) is 6.43 Å². The number of alkyl halides is 2. The predicted molar refractivity (Wildman–Crippen MR) is 96.4 cm³/mol. The number of guanidine groups is 1. The molecule has 0 heterocycles. The fourth-order valence-electron chi connectivity index (χ4n) is 2.24. The molecule has 0 amide bonds. The van der Waals surface area contributed by atoms with Crippen molar-refractivity contribution in [1.82, 2.24) is 10.6 Å². The summed E-state index contributed by atoms with van der Waals surface area (Å²) in [6.07, 6.45) is -2.45. The highest BCUT2D eigenvalue weighted by Crippen LogP contribution is 2.21. The average Bonchev–Trinajstić information content (AvgIpc) is 2.55. The van der Waals surface area contributed by atoms with E-state index in [0.717, 1.165) is 5.56 Å². The summed E-state index contributed by atoms with van der Waals surface area (Å²) in [7, 11) is 3.38. The molecule has 1 rings (SSSR count). The Morgan fingerprint density at radius 1 is 1.24 bits per heavy atom. The lowest BCUT2D eigenvalue weighted by Crippen LogP contribution is -2.45. The summed E-state index contributed by atoms with van der Waals surface area (Å²) in [5, 5.41) is 6.42. The Balaban J connectivity index is 2.53. The van der Waals surface area contributed by atoms with Gasteiger partial charge in [-0.2, -0.15) is 0 Å². The molecule has 0 fully saturated rings.